The van der Waals surface area contributed by atoms with Gasteiger partial charge in [-0.25, -0.2) is 0 Å². The molecule has 0 aliphatic heterocycles. The lowest BCUT2D eigenvalue weighted by Gasteiger charge is -2.16. The summed E-state index contributed by atoms with van der Waals surface area (Å²) in [4.78, 5) is 4.35. The van der Waals surface area contributed by atoms with Crippen molar-refractivity contribution < 1.29 is 4.74 Å². The average molecular weight is 251 g/mol. The molecule has 102 valence electrons. The molecule has 0 radical (unpaired) electrons. The van der Waals surface area contributed by atoms with Gasteiger partial charge in [0.15, 0.2) is 0 Å². The third-order valence-corrected chi connectivity index (χ3v) is 2.81. The predicted octanol–water partition coefficient (Wildman–Crippen LogP) is 2.33. The summed E-state index contributed by atoms with van der Waals surface area (Å²) in [6, 6.07) is 2.55. The minimum absolute atomic E-state index is 0.198. The van der Waals surface area contributed by atoms with Crippen LogP contribution in [-0.2, 0) is 11.3 Å². The molecule has 0 fully saturated rings. The highest BCUT2D eigenvalue weighted by Crippen LogP contribution is 2.16. The van der Waals surface area contributed by atoms with Crippen LogP contribution in [0.15, 0.2) is 12.3 Å². The maximum absolute atomic E-state index is 5.25. The second-order valence-corrected chi connectivity index (χ2v) is 4.95. The highest BCUT2D eigenvalue weighted by atomic mass is 16.5. The van der Waals surface area contributed by atoms with Crippen molar-refractivity contribution in [2.45, 2.75) is 46.4 Å². The highest BCUT2D eigenvalue weighted by molar-refractivity contribution is 5.51. The van der Waals surface area contributed by atoms with Gasteiger partial charge in [-0.15, -0.1) is 0 Å². The fourth-order valence-corrected chi connectivity index (χ4v) is 1.54. The van der Waals surface area contributed by atoms with Gasteiger partial charge in [-0.05, 0) is 19.9 Å². The topological polar surface area (TPSA) is 46.2 Å². The van der Waals surface area contributed by atoms with Crippen molar-refractivity contribution in [1.82, 2.24) is 10.3 Å². The van der Waals surface area contributed by atoms with Crippen molar-refractivity contribution in [3.8, 4) is 0 Å². The normalized spacial score (nSPS) is 12.8. The minimum Gasteiger partial charge on any atom is -0.382 e. The number of nitrogens with zero attached hydrogens (tertiary/aromatic N) is 1. The van der Waals surface area contributed by atoms with E-state index < -0.39 is 0 Å². The molecular formula is C14H25N3O. The van der Waals surface area contributed by atoms with Crippen LogP contribution >= 0.6 is 0 Å². The molecule has 0 saturated carbocycles. The van der Waals surface area contributed by atoms with E-state index in [0.717, 1.165) is 24.5 Å². The lowest BCUT2D eigenvalue weighted by Crippen LogP contribution is -2.24. The van der Waals surface area contributed by atoms with Gasteiger partial charge in [-0.3, -0.25) is 4.98 Å². The maximum atomic E-state index is 5.25. The molecule has 18 heavy (non-hydrogen) atoms. The van der Waals surface area contributed by atoms with Crippen LogP contribution < -0.4 is 10.6 Å². The van der Waals surface area contributed by atoms with E-state index in [9.17, 15) is 0 Å². The average Bonchev–Trinajstić information content (AvgIpc) is 2.34. The van der Waals surface area contributed by atoms with Crippen LogP contribution in [0, 0.1) is 6.92 Å². The molecule has 4 heteroatoms. The third kappa shape index (κ3) is 5.02. The fraction of sp³-hybridized carbons (Fsp3) is 0.643. The second-order valence-electron chi connectivity index (χ2n) is 4.95. The Kier molecular flexibility index (Phi) is 6.09. The molecule has 2 N–H and O–H groups in total. The van der Waals surface area contributed by atoms with Gasteiger partial charge in [0.25, 0.3) is 0 Å². The molecule has 1 aromatic heterocycles. The number of hydrogen-bond donors (Lipinski definition) is 2. The van der Waals surface area contributed by atoms with Gasteiger partial charge in [0, 0.05) is 49.4 Å². The van der Waals surface area contributed by atoms with E-state index in [1.165, 1.54) is 5.56 Å². The van der Waals surface area contributed by atoms with Gasteiger partial charge in [0.2, 0.25) is 0 Å². The number of ether oxygens (including phenoxy) is 1. The molecular weight excluding hydrogens is 226 g/mol. The Labute approximate surface area is 110 Å². The van der Waals surface area contributed by atoms with E-state index in [1.54, 1.807) is 7.11 Å². The monoisotopic (exact) mass is 251 g/mol. The molecule has 4 nitrogen and oxygen atoms in total. The molecule has 0 aromatic carbocycles. The lowest BCUT2D eigenvalue weighted by atomic mass is 10.2. The van der Waals surface area contributed by atoms with Gasteiger partial charge >= 0.3 is 0 Å². The number of aryl methyl sites for hydroxylation is 1. The summed E-state index contributed by atoms with van der Waals surface area (Å²) in [7, 11) is 1.73. The van der Waals surface area contributed by atoms with Crippen LogP contribution in [0.4, 0.5) is 5.69 Å². The first-order valence-corrected chi connectivity index (χ1v) is 6.48. The molecule has 0 amide bonds. The zero-order valence-corrected chi connectivity index (χ0v) is 12.1. The molecule has 1 atom stereocenters. The van der Waals surface area contributed by atoms with E-state index in [2.05, 4.69) is 35.5 Å². The van der Waals surface area contributed by atoms with Crippen molar-refractivity contribution in [3.05, 3.63) is 23.5 Å². The third-order valence-electron chi connectivity index (χ3n) is 2.81. The van der Waals surface area contributed by atoms with Crippen molar-refractivity contribution >= 4 is 5.69 Å². The van der Waals surface area contributed by atoms with E-state index in [4.69, 9.17) is 4.74 Å². The Bertz CT molecular complexity index is 366. The Morgan fingerprint density at radius 3 is 2.67 bits per heavy atom. The van der Waals surface area contributed by atoms with Gasteiger partial charge in [0.05, 0.1) is 6.10 Å². The van der Waals surface area contributed by atoms with Gasteiger partial charge < -0.3 is 15.4 Å². The number of methoxy groups -OCH3 is 1. The summed E-state index contributed by atoms with van der Waals surface area (Å²) in [6.45, 7) is 9.96. The zero-order valence-electron chi connectivity index (χ0n) is 12.1. The van der Waals surface area contributed by atoms with Crippen molar-refractivity contribution in [2.24, 2.45) is 0 Å². The maximum Gasteiger partial charge on any atom is 0.0715 e. The number of aromatic nitrogens is 1. The van der Waals surface area contributed by atoms with E-state index in [-0.39, 0.29) is 6.10 Å². The first kappa shape index (κ1) is 14.9. The van der Waals surface area contributed by atoms with E-state index in [0.29, 0.717) is 6.04 Å². The van der Waals surface area contributed by atoms with E-state index >= 15 is 0 Å². The van der Waals surface area contributed by atoms with Gasteiger partial charge in [-0.1, -0.05) is 13.8 Å². The molecule has 1 heterocycles. The largest absolute Gasteiger partial charge is 0.382 e. The Morgan fingerprint density at radius 1 is 1.33 bits per heavy atom. The molecule has 1 rings (SSSR count). The first-order valence-electron chi connectivity index (χ1n) is 6.48. The second kappa shape index (κ2) is 7.34. The standard InChI is InChI=1S/C14H25N3O/c1-10(2)15-8-13-9-16-11(3)6-14(13)17-7-12(4)18-5/h6,9-10,12,15H,7-8H2,1-5H3,(H,16,17). The Balaban J connectivity index is 2.70. The van der Waals surface area contributed by atoms with Crippen LogP contribution in [0.2, 0.25) is 0 Å². The van der Waals surface area contributed by atoms with Crippen LogP contribution in [0.5, 0.6) is 0 Å². The number of pyridine rings is 1. The van der Waals surface area contributed by atoms with Crippen LogP contribution in [-0.4, -0.2) is 30.8 Å². The SMILES string of the molecule is COC(C)CNc1cc(C)ncc1CNC(C)C. The lowest BCUT2D eigenvalue weighted by molar-refractivity contribution is 0.129. The van der Waals surface area contributed by atoms with E-state index in [1.807, 2.05) is 20.0 Å². The Morgan fingerprint density at radius 2 is 2.06 bits per heavy atom. The molecule has 0 saturated heterocycles. The number of hydrogen-bond acceptors (Lipinski definition) is 4. The van der Waals surface area contributed by atoms with Crippen LogP contribution in [0.1, 0.15) is 32.0 Å². The predicted molar refractivity (Wildman–Crippen MR) is 75.9 cm³/mol. The van der Waals surface area contributed by atoms with Crippen LogP contribution in [0.3, 0.4) is 0 Å². The molecule has 1 unspecified atom stereocenters. The molecule has 0 aliphatic rings. The van der Waals surface area contributed by atoms with Crippen molar-refractivity contribution in [1.29, 1.82) is 0 Å². The first-order chi connectivity index (χ1) is 8.52. The van der Waals surface area contributed by atoms with Gasteiger partial charge in [-0.2, -0.15) is 0 Å². The summed E-state index contributed by atoms with van der Waals surface area (Å²) < 4.78 is 5.25. The van der Waals surface area contributed by atoms with Gasteiger partial charge in [0.1, 0.15) is 0 Å². The minimum atomic E-state index is 0.198. The molecule has 0 spiro atoms. The summed E-state index contributed by atoms with van der Waals surface area (Å²) in [6.07, 6.45) is 2.13. The fourth-order valence-electron chi connectivity index (χ4n) is 1.54. The quantitative estimate of drug-likeness (QED) is 0.781. The van der Waals surface area contributed by atoms with Crippen molar-refractivity contribution in [2.75, 3.05) is 19.0 Å². The number of rotatable bonds is 7. The Hall–Kier alpha value is -1.13. The number of nitrogens with one attached hydrogen (secondary N) is 2. The smallest absolute Gasteiger partial charge is 0.0715 e. The summed E-state index contributed by atoms with van der Waals surface area (Å²) in [5, 5.41) is 6.84. The molecule has 1 aromatic rings. The summed E-state index contributed by atoms with van der Waals surface area (Å²) >= 11 is 0. The number of anilines is 1. The van der Waals surface area contributed by atoms with Crippen LogP contribution in [0.25, 0.3) is 0 Å². The molecule has 0 bridgehead atoms. The highest BCUT2D eigenvalue weighted by Gasteiger charge is 2.06. The zero-order chi connectivity index (χ0) is 13.5. The van der Waals surface area contributed by atoms with Crippen molar-refractivity contribution in [3.63, 3.8) is 0 Å². The molecule has 0 aliphatic carbocycles. The summed E-state index contributed by atoms with van der Waals surface area (Å²) in [5.41, 5.74) is 3.35. The summed E-state index contributed by atoms with van der Waals surface area (Å²) in [5.74, 6) is 0.